The van der Waals surface area contributed by atoms with Crippen molar-refractivity contribution in [1.29, 1.82) is 0 Å². The molecule has 24 heavy (non-hydrogen) atoms. The highest BCUT2D eigenvalue weighted by molar-refractivity contribution is 5.74. The summed E-state index contributed by atoms with van der Waals surface area (Å²) in [6.07, 6.45) is 6.97. The molecule has 0 fully saturated rings. The summed E-state index contributed by atoms with van der Waals surface area (Å²) in [4.78, 5) is 18.1. The van der Waals surface area contributed by atoms with Crippen molar-refractivity contribution in [1.82, 2.24) is 25.0 Å². The number of pyridine rings is 1. The van der Waals surface area contributed by atoms with Crippen LogP contribution in [-0.4, -0.2) is 44.9 Å². The molecule has 2 rings (SSSR count). The van der Waals surface area contributed by atoms with Crippen LogP contribution in [0.5, 0.6) is 5.75 Å². The molecule has 7 nitrogen and oxygen atoms in total. The van der Waals surface area contributed by atoms with E-state index >= 15 is 0 Å². The monoisotopic (exact) mass is 331 g/mol. The van der Waals surface area contributed by atoms with Gasteiger partial charge in [0.05, 0.1) is 25.5 Å². The summed E-state index contributed by atoms with van der Waals surface area (Å²) < 4.78 is 7.56. The highest BCUT2D eigenvalue weighted by atomic mass is 16.5. The molecule has 2 heterocycles. The third-order valence-corrected chi connectivity index (χ3v) is 3.57. The number of nitrogens with one attached hydrogen (secondary N) is 1. The van der Waals surface area contributed by atoms with E-state index in [9.17, 15) is 4.79 Å². The van der Waals surface area contributed by atoms with Crippen LogP contribution < -0.4 is 10.1 Å². The average Bonchev–Trinajstić information content (AvgIpc) is 3.06. The van der Waals surface area contributed by atoms with E-state index in [4.69, 9.17) is 4.74 Å². The molecule has 0 aliphatic heterocycles. The summed E-state index contributed by atoms with van der Waals surface area (Å²) in [6, 6.07) is 3.55. The van der Waals surface area contributed by atoms with E-state index in [1.807, 2.05) is 43.8 Å². The molecular weight excluding hydrogens is 306 g/mol. The van der Waals surface area contributed by atoms with Crippen LogP contribution in [0.15, 0.2) is 36.9 Å². The van der Waals surface area contributed by atoms with Gasteiger partial charge in [0.1, 0.15) is 11.9 Å². The maximum atomic E-state index is 12.3. The Morgan fingerprint density at radius 1 is 1.42 bits per heavy atom. The number of carbonyl (C=O) groups excluding carboxylic acids is 1. The van der Waals surface area contributed by atoms with E-state index in [0.29, 0.717) is 25.4 Å². The first kappa shape index (κ1) is 17.8. The quantitative estimate of drug-likeness (QED) is 0.805. The van der Waals surface area contributed by atoms with Crippen molar-refractivity contribution >= 4 is 6.03 Å². The molecule has 0 radical (unpaired) electrons. The SMILES string of the molecule is CCN(Cc1cnn(CC)c1)C(=O)NC[C@H](C)Oc1cccnc1. The second-order valence-electron chi connectivity index (χ2n) is 5.52. The maximum Gasteiger partial charge on any atom is 0.317 e. The van der Waals surface area contributed by atoms with Crippen molar-refractivity contribution in [3.05, 3.63) is 42.5 Å². The lowest BCUT2D eigenvalue weighted by molar-refractivity contribution is 0.182. The Balaban J connectivity index is 1.80. The smallest absolute Gasteiger partial charge is 0.317 e. The van der Waals surface area contributed by atoms with Crippen molar-refractivity contribution in [2.45, 2.75) is 40.0 Å². The van der Waals surface area contributed by atoms with Crippen LogP contribution in [0.2, 0.25) is 0 Å². The summed E-state index contributed by atoms with van der Waals surface area (Å²) >= 11 is 0. The first-order valence-electron chi connectivity index (χ1n) is 8.23. The number of aromatic nitrogens is 3. The lowest BCUT2D eigenvalue weighted by Gasteiger charge is -2.22. The first-order valence-corrected chi connectivity index (χ1v) is 8.23. The van der Waals surface area contributed by atoms with Crippen molar-refractivity contribution < 1.29 is 9.53 Å². The Morgan fingerprint density at radius 2 is 2.25 bits per heavy atom. The van der Waals surface area contributed by atoms with Gasteiger partial charge in [0.25, 0.3) is 0 Å². The van der Waals surface area contributed by atoms with Crippen LogP contribution in [0.4, 0.5) is 4.79 Å². The molecule has 0 saturated heterocycles. The van der Waals surface area contributed by atoms with Gasteiger partial charge in [0.2, 0.25) is 0 Å². The fraction of sp³-hybridized carbons (Fsp3) is 0.471. The van der Waals surface area contributed by atoms with E-state index in [-0.39, 0.29) is 12.1 Å². The van der Waals surface area contributed by atoms with E-state index in [2.05, 4.69) is 15.4 Å². The Labute approximate surface area is 142 Å². The number of carbonyl (C=O) groups is 1. The third kappa shape index (κ3) is 5.26. The lowest BCUT2D eigenvalue weighted by atomic mass is 10.3. The van der Waals surface area contributed by atoms with Gasteiger partial charge < -0.3 is 15.0 Å². The first-order chi connectivity index (χ1) is 11.6. The van der Waals surface area contributed by atoms with E-state index in [1.165, 1.54) is 0 Å². The molecular formula is C17H25N5O2. The number of rotatable bonds is 8. The van der Waals surface area contributed by atoms with Crippen LogP contribution in [0.1, 0.15) is 26.3 Å². The summed E-state index contributed by atoms with van der Waals surface area (Å²) in [5, 5.41) is 7.14. The summed E-state index contributed by atoms with van der Waals surface area (Å²) in [6.45, 7) is 8.32. The number of hydrogen-bond donors (Lipinski definition) is 1. The Morgan fingerprint density at radius 3 is 2.88 bits per heavy atom. The Kier molecular flexibility index (Phi) is 6.60. The number of ether oxygens (including phenoxy) is 1. The molecule has 0 unspecified atom stereocenters. The van der Waals surface area contributed by atoms with Gasteiger partial charge in [-0.1, -0.05) is 0 Å². The normalized spacial score (nSPS) is 11.8. The van der Waals surface area contributed by atoms with Gasteiger partial charge >= 0.3 is 6.03 Å². The van der Waals surface area contributed by atoms with Gasteiger partial charge in [0.15, 0.2) is 0 Å². The number of hydrogen-bond acceptors (Lipinski definition) is 4. The van der Waals surface area contributed by atoms with Crippen LogP contribution in [0.25, 0.3) is 0 Å². The fourth-order valence-corrected chi connectivity index (χ4v) is 2.24. The number of urea groups is 1. The zero-order chi connectivity index (χ0) is 17.4. The predicted octanol–water partition coefficient (Wildman–Crippen LogP) is 2.30. The van der Waals surface area contributed by atoms with E-state index in [1.54, 1.807) is 23.5 Å². The maximum absolute atomic E-state index is 12.3. The zero-order valence-electron chi connectivity index (χ0n) is 14.5. The van der Waals surface area contributed by atoms with Gasteiger partial charge in [-0.15, -0.1) is 0 Å². The van der Waals surface area contributed by atoms with Crippen LogP contribution >= 0.6 is 0 Å². The summed E-state index contributed by atoms with van der Waals surface area (Å²) in [7, 11) is 0. The highest BCUT2D eigenvalue weighted by Gasteiger charge is 2.14. The number of aryl methyl sites for hydroxylation is 1. The Bertz CT molecular complexity index is 629. The second kappa shape index (κ2) is 8.90. The van der Waals surface area contributed by atoms with E-state index < -0.39 is 0 Å². The second-order valence-corrected chi connectivity index (χ2v) is 5.52. The van der Waals surface area contributed by atoms with Crippen LogP contribution in [0.3, 0.4) is 0 Å². The van der Waals surface area contributed by atoms with Crippen molar-refractivity contribution in [2.24, 2.45) is 0 Å². The highest BCUT2D eigenvalue weighted by Crippen LogP contribution is 2.09. The van der Waals surface area contributed by atoms with Gasteiger partial charge in [-0.25, -0.2) is 4.79 Å². The summed E-state index contributed by atoms with van der Waals surface area (Å²) in [5.74, 6) is 0.693. The molecule has 0 saturated carbocycles. The van der Waals surface area contributed by atoms with E-state index in [0.717, 1.165) is 12.1 Å². The van der Waals surface area contributed by atoms with Gasteiger partial charge in [-0.2, -0.15) is 5.10 Å². The zero-order valence-corrected chi connectivity index (χ0v) is 14.5. The lowest BCUT2D eigenvalue weighted by Crippen LogP contribution is -2.42. The largest absolute Gasteiger partial charge is 0.487 e. The molecule has 0 spiro atoms. The summed E-state index contributed by atoms with van der Waals surface area (Å²) in [5.41, 5.74) is 1.02. The fourth-order valence-electron chi connectivity index (χ4n) is 2.24. The van der Waals surface area contributed by atoms with Crippen LogP contribution in [-0.2, 0) is 13.1 Å². The van der Waals surface area contributed by atoms with Gasteiger partial charge in [-0.05, 0) is 32.9 Å². The molecule has 2 aromatic heterocycles. The molecule has 7 heteroatoms. The molecule has 2 aromatic rings. The molecule has 0 aliphatic carbocycles. The minimum atomic E-state index is -0.139. The number of nitrogens with zero attached hydrogens (tertiary/aromatic N) is 4. The minimum Gasteiger partial charge on any atom is -0.487 e. The molecule has 2 amide bonds. The van der Waals surface area contributed by atoms with Crippen molar-refractivity contribution in [3.63, 3.8) is 0 Å². The van der Waals surface area contributed by atoms with Crippen molar-refractivity contribution in [2.75, 3.05) is 13.1 Å². The standard InChI is InChI=1S/C17H25N5O2/c1-4-21(12-15-10-20-22(5-2)13-15)17(23)19-9-14(3)24-16-7-6-8-18-11-16/h6-8,10-11,13-14H,4-5,9,12H2,1-3H3,(H,19,23)/t14-/m0/s1. The molecule has 1 atom stereocenters. The number of amides is 2. The molecule has 0 aliphatic rings. The van der Waals surface area contributed by atoms with Crippen molar-refractivity contribution in [3.8, 4) is 5.75 Å². The minimum absolute atomic E-state index is 0.108. The third-order valence-electron chi connectivity index (χ3n) is 3.57. The molecule has 0 bridgehead atoms. The van der Waals surface area contributed by atoms with Gasteiger partial charge in [-0.3, -0.25) is 9.67 Å². The molecule has 0 aromatic carbocycles. The van der Waals surface area contributed by atoms with Crippen LogP contribution in [0, 0.1) is 0 Å². The average molecular weight is 331 g/mol. The molecule has 1 N–H and O–H groups in total. The predicted molar refractivity (Wildman–Crippen MR) is 91.7 cm³/mol. The Hall–Kier alpha value is -2.57. The topological polar surface area (TPSA) is 72.3 Å². The molecule has 130 valence electrons. The van der Waals surface area contributed by atoms with Gasteiger partial charge in [0, 0.05) is 31.0 Å².